The predicted molar refractivity (Wildman–Crippen MR) is 72.6 cm³/mol. The summed E-state index contributed by atoms with van der Waals surface area (Å²) in [5, 5.41) is 6.31. The van der Waals surface area contributed by atoms with Crippen molar-refractivity contribution in [3.05, 3.63) is 0 Å². The van der Waals surface area contributed by atoms with E-state index in [1.54, 1.807) is 7.11 Å². The van der Waals surface area contributed by atoms with Crippen LogP contribution in [0.3, 0.4) is 0 Å². The fraction of sp³-hybridized carbons (Fsp3) is 0.923. The summed E-state index contributed by atoms with van der Waals surface area (Å²) in [5.74, 6) is 0.437. The number of piperidine rings is 1. The molecule has 5 nitrogen and oxygen atoms in total. The van der Waals surface area contributed by atoms with Crippen LogP contribution in [0.4, 0.5) is 0 Å². The zero-order chi connectivity index (χ0) is 13.2. The maximum Gasteiger partial charge on any atom is 0.223 e. The lowest BCUT2D eigenvalue weighted by atomic mass is 9.97. The molecule has 0 aromatic rings. The number of hydrogen-bond donors (Lipinski definition) is 2. The first-order chi connectivity index (χ1) is 8.74. The normalized spacial score (nSPS) is 17.1. The molecule has 0 saturated carbocycles. The largest absolute Gasteiger partial charge is 0.385 e. The molecule has 1 amide bonds. The molecule has 1 saturated heterocycles. The van der Waals surface area contributed by atoms with E-state index in [0.717, 1.165) is 58.6 Å². The Bertz CT molecular complexity index is 230. The highest BCUT2D eigenvalue weighted by Crippen LogP contribution is 2.10. The third kappa shape index (κ3) is 6.33. The number of hydrogen-bond acceptors (Lipinski definition) is 4. The smallest absolute Gasteiger partial charge is 0.223 e. The fourth-order valence-corrected chi connectivity index (χ4v) is 2.19. The molecule has 1 rings (SSSR count). The van der Waals surface area contributed by atoms with Crippen LogP contribution in [0.25, 0.3) is 0 Å². The number of rotatable bonds is 8. The number of amides is 1. The van der Waals surface area contributed by atoms with Gasteiger partial charge in [-0.25, -0.2) is 0 Å². The van der Waals surface area contributed by atoms with Gasteiger partial charge in [-0.2, -0.15) is 0 Å². The van der Waals surface area contributed by atoms with E-state index in [4.69, 9.17) is 4.74 Å². The minimum absolute atomic E-state index is 0.213. The summed E-state index contributed by atoms with van der Waals surface area (Å²) in [6, 6.07) is 0. The van der Waals surface area contributed by atoms with Gasteiger partial charge in [0.25, 0.3) is 0 Å². The minimum atomic E-state index is 0.213. The van der Waals surface area contributed by atoms with Gasteiger partial charge in [0.15, 0.2) is 0 Å². The molecule has 5 heteroatoms. The monoisotopic (exact) mass is 257 g/mol. The van der Waals surface area contributed by atoms with Crippen molar-refractivity contribution in [1.29, 1.82) is 0 Å². The maximum atomic E-state index is 11.9. The maximum absolute atomic E-state index is 11.9. The Kier molecular flexibility index (Phi) is 7.96. The van der Waals surface area contributed by atoms with Gasteiger partial charge in [-0.1, -0.05) is 0 Å². The molecular formula is C13H27N3O2. The number of methoxy groups -OCH3 is 1. The summed E-state index contributed by atoms with van der Waals surface area (Å²) >= 11 is 0. The SMILES string of the molecule is COCCCN(C)CCNC(=O)C1CCNCC1. The van der Waals surface area contributed by atoms with Crippen molar-refractivity contribution in [2.45, 2.75) is 19.3 Å². The van der Waals surface area contributed by atoms with Crippen molar-refractivity contribution in [2.24, 2.45) is 5.92 Å². The minimum Gasteiger partial charge on any atom is -0.385 e. The van der Waals surface area contributed by atoms with Gasteiger partial charge in [-0.05, 0) is 39.4 Å². The van der Waals surface area contributed by atoms with E-state index in [1.165, 1.54) is 0 Å². The van der Waals surface area contributed by atoms with Crippen LogP contribution in [-0.4, -0.2) is 64.3 Å². The molecule has 1 aliphatic rings. The Balaban J connectivity index is 2.03. The van der Waals surface area contributed by atoms with Crippen LogP contribution in [0, 0.1) is 5.92 Å². The summed E-state index contributed by atoms with van der Waals surface area (Å²) < 4.78 is 5.01. The van der Waals surface area contributed by atoms with Crippen LogP contribution in [0.15, 0.2) is 0 Å². The van der Waals surface area contributed by atoms with Crippen LogP contribution in [0.2, 0.25) is 0 Å². The molecule has 0 bridgehead atoms. The average molecular weight is 257 g/mol. The van der Waals surface area contributed by atoms with Gasteiger partial charge >= 0.3 is 0 Å². The van der Waals surface area contributed by atoms with E-state index in [0.29, 0.717) is 0 Å². The van der Waals surface area contributed by atoms with Gasteiger partial charge < -0.3 is 20.3 Å². The Morgan fingerprint density at radius 2 is 2.11 bits per heavy atom. The molecule has 1 fully saturated rings. The Labute approximate surface area is 110 Å². The van der Waals surface area contributed by atoms with E-state index < -0.39 is 0 Å². The van der Waals surface area contributed by atoms with E-state index in [2.05, 4.69) is 22.6 Å². The topological polar surface area (TPSA) is 53.6 Å². The molecule has 0 radical (unpaired) electrons. The van der Waals surface area contributed by atoms with Crippen LogP contribution >= 0.6 is 0 Å². The van der Waals surface area contributed by atoms with Crippen molar-refractivity contribution < 1.29 is 9.53 Å². The first-order valence-electron chi connectivity index (χ1n) is 6.90. The molecule has 0 aliphatic carbocycles. The van der Waals surface area contributed by atoms with Gasteiger partial charge in [0.05, 0.1) is 0 Å². The van der Waals surface area contributed by atoms with Crippen molar-refractivity contribution in [1.82, 2.24) is 15.5 Å². The Morgan fingerprint density at radius 3 is 2.78 bits per heavy atom. The molecule has 2 N–H and O–H groups in total. The Hall–Kier alpha value is -0.650. The third-order valence-electron chi connectivity index (χ3n) is 3.39. The first-order valence-corrected chi connectivity index (χ1v) is 6.90. The zero-order valence-electron chi connectivity index (χ0n) is 11.7. The van der Waals surface area contributed by atoms with Gasteiger partial charge in [-0.3, -0.25) is 4.79 Å². The van der Waals surface area contributed by atoms with Gasteiger partial charge in [0.1, 0.15) is 0 Å². The molecular weight excluding hydrogens is 230 g/mol. The highest BCUT2D eigenvalue weighted by atomic mass is 16.5. The second-order valence-electron chi connectivity index (χ2n) is 4.96. The Morgan fingerprint density at radius 1 is 1.39 bits per heavy atom. The van der Waals surface area contributed by atoms with Crippen molar-refractivity contribution in [3.8, 4) is 0 Å². The second-order valence-corrected chi connectivity index (χ2v) is 4.96. The van der Waals surface area contributed by atoms with E-state index in [9.17, 15) is 4.79 Å². The standard InChI is InChI=1S/C13H27N3O2/c1-16(9-3-11-18-2)10-8-15-13(17)12-4-6-14-7-5-12/h12,14H,3-11H2,1-2H3,(H,15,17). The van der Waals surface area contributed by atoms with E-state index in [1.807, 2.05) is 0 Å². The summed E-state index contributed by atoms with van der Waals surface area (Å²) in [5.41, 5.74) is 0. The quantitative estimate of drug-likeness (QED) is 0.604. The number of nitrogens with one attached hydrogen (secondary N) is 2. The molecule has 0 aromatic heterocycles. The molecule has 0 unspecified atom stereocenters. The van der Waals surface area contributed by atoms with Gasteiger partial charge in [-0.15, -0.1) is 0 Å². The summed E-state index contributed by atoms with van der Waals surface area (Å²) in [7, 11) is 3.80. The highest BCUT2D eigenvalue weighted by molar-refractivity contribution is 5.78. The lowest BCUT2D eigenvalue weighted by molar-refractivity contribution is -0.125. The van der Waals surface area contributed by atoms with Crippen molar-refractivity contribution >= 4 is 5.91 Å². The average Bonchev–Trinajstić information content (AvgIpc) is 2.40. The summed E-state index contributed by atoms with van der Waals surface area (Å²) in [6.45, 7) is 5.39. The van der Waals surface area contributed by atoms with Gasteiger partial charge in [0, 0.05) is 39.3 Å². The summed E-state index contributed by atoms with van der Waals surface area (Å²) in [4.78, 5) is 14.1. The first kappa shape index (κ1) is 15.4. The molecule has 0 atom stereocenters. The lowest BCUT2D eigenvalue weighted by Gasteiger charge is -2.22. The highest BCUT2D eigenvalue weighted by Gasteiger charge is 2.20. The molecule has 1 heterocycles. The zero-order valence-corrected chi connectivity index (χ0v) is 11.7. The molecule has 0 spiro atoms. The molecule has 18 heavy (non-hydrogen) atoms. The lowest BCUT2D eigenvalue weighted by Crippen LogP contribution is -2.40. The van der Waals surface area contributed by atoms with E-state index >= 15 is 0 Å². The number of ether oxygens (including phenoxy) is 1. The molecule has 1 aliphatic heterocycles. The van der Waals surface area contributed by atoms with Crippen LogP contribution in [-0.2, 0) is 9.53 Å². The van der Waals surface area contributed by atoms with Gasteiger partial charge in [0.2, 0.25) is 5.91 Å². The van der Waals surface area contributed by atoms with E-state index in [-0.39, 0.29) is 11.8 Å². The number of likely N-dealkylation sites (N-methyl/N-ethyl adjacent to an activating group) is 1. The van der Waals surface area contributed by atoms with Crippen molar-refractivity contribution in [2.75, 3.05) is 53.5 Å². The number of carbonyl (C=O) groups excluding carboxylic acids is 1. The van der Waals surface area contributed by atoms with Crippen LogP contribution in [0.1, 0.15) is 19.3 Å². The van der Waals surface area contributed by atoms with Crippen LogP contribution in [0.5, 0.6) is 0 Å². The summed E-state index contributed by atoms with van der Waals surface area (Å²) in [6.07, 6.45) is 2.97. The number of carbonyl (C=O) groups is 1. The van der Waals surface area contributed by atoms with Crippen molar-refractivity contribution in [3.63, 3.8) is 0 Å². The third-order valence-corrected chi connectivity index (χ3v) is 3.39. The number of nitrogens with zero attached hydrogens (tertiary/aromatic N) is 1. The fourth-order valence-electron chi connectivity index (χ4n) is 2.19. The predicted octanol–water partition coefficient (Wildman–Crippen LogP) is 0.0705. The second kappa shape index (κ2) is 9.30. The van der Waals surface area contributed by atoms with Crippen LogP contribution < -0.4 is 10.6 Å². The molecule has 0 aromatic carbocycles. The molecule has 106 valence electrons.